The van der Waals surface area contributed by atoms with Crippen molar-refractivity contribution in [3.63, 3.8) is 0 Å². The van der Waals surface area contributed by atoms with Crippen LogP contribution in [0.5, 0.6) is 0 Å². The normalized spacial score (nSPS) is 22.6. The summed E-state index contributed by atoms with van der Waals surface area (Å²) in [4.78, 5) is 0. The molecule has 1 aromatic heterocycles. The summed E-state index contributed by atoms with van der Waals surface area (Å²) in [6, 6.07) is 12.6. The molecule has 1 aliphatic rings. The van der Waals surface area contributed by atoms with Crippen LogP contribution in [0.2, 0.25) is 0 Å². The van der Waals surface area contributed by atoms with Gasteiger partial charge in [-0.05, 0) is 46.2 Å². The predicted octanol–water partition coefficient (Wildman–Crippen LogP) is 4.07. The first-order valence-electron chi connectivity index (χ1n) is 6.07. The number of benzene rings is 1. The maximum atomic E-state index is 5.78. The van der Waals surface area contributed by atoms with Crippen molar-refractivity contribution >= 4 is 11.3 Å². The zero-order valence-electron chi connectivity index (χ0n) is 9.71. The molecule has 0 unspecified atom stereocenters. The van der Waals surface area contributed by atoms with E-state index in [1.165, 1.54) is 17.5 Å². The third-order valence-corrected chi connectivity index (χ3v) is 4.04. The lowest BCUT2D eigenvalue weighted by atomic mass is 10.2. The van der Waals surface area contributed by atoms with Gasteiger partial charge in [-0.25, -0.2) is 0 Å². The Morgan fingerprint density at radius 1 is 1.18 bits per heavy atom. The van der Waals surface area contributed by atoms with Crippen molar-refractivity contribution < 1.29 is 4.74 Å². The molecule has 0 aliphatic heterocycles. The van der Waals surface area contributed by atoms with E-state index >= 15 is 0 Å². The fourth-order valence-corrected chi connectivity index (χ4v) is 2.95. The van der Waals surface area contributed by atoms with Crippen LogP contribution < -0.4 is 0 Å². The third-order valence-electron chi connectivity index (χ3n) is 3.34. The molecule has 1 heterocycles. The van der Waals surface area contributed by atoms with Crippen LogP contribution in [0.25, 0.3) is 0 Å². The summed E-state index contributed by atoms with van der Waals surface area (Å²) in [5.74, 6) is 1.50. The summed E-state index contributed by atoms with van der Waals surface area (Å²) < 4.78 is 5.78. The molecule has 2 atom stereocenters. The lowest BCUT2D eigenvalue weighted by molar-refractivity contribution is 0.110. The molecule has 17 heavy (non-hydrogen) atoms. The van der Waals surface area contributed by atoms with Gasteiger partial charge in [-0.3, -0.25) is 0 Å². The van der Waals surface area contributed by atoms with Crippen LogP contribution >= 0.6 is 11.3 Å². The van der Waals surface area contributed by atoms with Crippen molar-refractivity contribution in [3.8, 4) is 0 Å². The maximum Gasteiger partial charge on any atom is 0.0717 e. The Kier molecular flexibility index (Phi) is 3.25. The first kappa shape index (κ1) is 11.0. The highest BCUT2D eigenvalue weighted by atomic mass is 32.1. The van der Waals surface area contributed by atoms with Crippen molar-refractivity contribution in [2.75, 3.05) is 6.61 Å². The van der Waals surface area contributed by atoms with Crippen molar-refractivity contribution in [1.29, 1.82) is 0 Å². The zero-order chi connectivity index (χ0) is 11.5. The van der Waals surface area contributed by atoms with E-state index in [0.29, 0.717) is 0 Å². The summed E-state index contributed by atoms with van der Waals surface area (Å²) in [7, 11) is 0. The Morgan fingerprint density at radius 3 is 2.82 bits per heavy atom. The fourth-order valence-electron chi connectivity index (χ4n) is 2.23. The summed E-state index contributed by atoms with van der Waals surface area (Å²) in [5.41, 5.74) is 2.77. The van der Waals surface area contributed by atoms with Gasteiger partial charge in [0.15, 0.2) is 0 Å². The SMILES string of the molecule is c1ccc(COC[C@H]2C[C@@H]2c2ccsc2)cc1. The molecule has 88 valence electrons. The van der Waals surface area contributed by atoms with Gasteiger partial charge in [0.25, 0.3) is 0 Å². The van der Waals surface area contributed by atoms with E-state index in [1.54, 1.807) is 11.3 Å². The molecule has 0 amide bonds. The van der Waals surface area contributed by atoms with Crippen molar-refractivity contribution in [2.45, 2.75) is 18.9 Å². The number of ether oxygens (including phenoxy) is 1. The second-order valence-electron chi connectivity index (χ2n) is 4.66. The van der Waals surface area contributed by atoms with Gasteiger partial charge in [0, 0.05) is 0 Å². The van der Waals surface area contributed by atoms with Gasteiger partial charge in [0.2, 0.25) is 0 Å². The lowest BCUT2D eigenvalue weighted by Crippen LogP contribution is -1.98. The van der Waals surface area contributed by atoms with Gasteiger partial charge in [0.1, 0.15) is 0 Å². The Bertz CT molecular complexity index is 449. The molecule has 1 nitrogen and oxygen atoms in total. The van der Waals surface area contributed by atoms with Crippen molar-refractivity contribution in [1.82, 2.24) is 0 Å². The highest BCUT2D eigenvalue weighted by molar-refractivity contribution is 7.08. The third kappa shape index (κ3) is 2.76. The molecule has 0 spiro atoms. The van der Waals surface area contributed by atoms with Crippen LogP contribution in [0.4, 0.5) is 0 Å². The molecule has 0 radical (unpaired) electrons. The molecular formula is C15H16OS. The summed E-state index contributed by atoms with van der Waals surface area (Å²) in [6.07, 6.45) is 1.30. The first-order chi connectivity index (χ1) is 8.43. The van der Waals surface area contributed by atoms with Gasteiger partial charge in [-0.15, -0.1) is 0 Å². The molecule has 3 rings (SSSR count). The van der Waals surface area contributed by atoms with Crippen LogP contribution in [-0.2, 0) is 11.3 Å². The van der Waals surface area contributed by atoms with E-state index in [4.69, 9.17) is 4.74 Å². The van der Waals surface area contributed by atoms with Crippen LogP contribution in [0.3, 0.4) is 0 Å². The van der Waals surface area contributed by atoms with Gasteiger partial charge in [-0.1, -0.05) is 30.3 Å². The van der Waals surface area contributed by atoms with Crippen molar-refractivity contribution in [3.05, 3.63) is 58.3 Å². The highest BCUT2D eigenvalue weighted by Gasteiger charge is 2.38. The molecule has 0 N–H and O–H groups in total. The minimum absolute atomic E-state index is 0.744. The van der Waals surface area contributed by atoms with Gasteiger partial charge in [-0.2, -0.15) is 11.3 Å². The second kappa shape index (κ2) is 5.03. The molecule has 1 aromatic carbocycles. The van der Waals surface area contributed by atoms with Gasteiger partial charge >= 0.3 is 0 Å². The van der Waals surface area contributed by atoms with Crippen LogP contribution in [-0.4, -0.2) is 6.61 Å². The van der Waals surface area contributed by atoms with E-state index in [0.717, 1.165) is 25.0 Å². The van der Waals surface area contributed by atoms with Crippen LogP contribution in [0.1, 0.15) is 23.5 Å². The number of thiophene rings is 1. The quantitative estimate of drug-likeness (QED) is 0.770. The summed E-state index contributed by atoms with van der Waals surface area (Å²) in [5, 5.41) is 4.43. The highest BCUT2D eigenvalue weighted by Crippen LogP contribution is 2.48. The van der Waals surface area contributed by atoms with E-state index in [1.807, 2.05) is 6.07 Å². The van der Waals surface area contributed by atoms with Crippen LogP contribution in [0, 0.1) is 5.92 Å². The van der Waals surface area contributed by atoms with Gasteiger partial charge < -0.3 is 4.74 Å². The molecule has 1 aliphatic carbocycles. The van der Waals surface area contributed by atoms with E-state index in [2.05, 4.69) is 41.1 Å². The van der Waals surface area contributed by atoms with Crippen LogP contribution in [0.15, 0.2) is 47.2 Å². The minimum atomic E-state index is 0.744. The minimum Gasteiger partial charge on any atom is -0.376 e. The molecule has 2 heteroatoms. The monoisotopic (exact) mass is 244 g/mol. The van der Waals surface area contributed by atoms with E-state index < -0.39 is 0 Å². The number of hydrogen-bond acceptors (Lipinski definition) is 2. The molecule has 1 saturated carbocycles. The Labute approximate surface area is 106 Å². The average molecular weight is 244 g/mol. The lowest BCUT2D eigenvalue weighted by Gasteiger charge is -2.03. The maximum absolute atomic E-state index is 5.78. The molecule has 0 bridgehead atoms. The standard InChI is InChI=1S/C15H16OS/c1-2-4-12(5-3-1)9-16-10-14-8-15(14)13-6-7-17-11-13/h1-7,11,14-15H,8-10H2/t14-,15-/m1/s1. The fraction of sp³-hybridized carbons (Fsp3) is 0.333. The molecule has 2 aromatic rings. The summed E-state index contributed by atoms with van der Waals surface area (Å²) >= 11 is 1.79. The van der Waals surface area contributed by atoms with E-state index in [-0.39, 0.29) is 0 Å². The summed E-state index contributed by atoms with van der Waals surface area (Å²) in [6.45, 7) is 1.64. The smallest absolute Gasteiger partial charge is 0.0717 e. The predicted molar refractivity (Wildman–Crippen MR) is 71.3 cm³/mol. The largest absolute Gasteiger partial charge is 0.376 e. The Morgan fingerprint density at radius 2 is 2.06 bits per heavy atom. The Hall–Kier alpha value is -1.12. The number of rotatable bonds is 5. The molecule has 1 fully saturated rings. The zero-order valence-corrected chi connectivity index (χ0v) is 10.5. The molecular weight excluding hydrogens is 228 g/mol. The van der Waals surface area contributed by atoms with E-state index in [9.17, 15) is 0 Å². The average Bonchev–Trinajstić information content (AvgIpc) is 2.93. The van der Waals surface area contributed by atoms with Gasteiger partial charge in [0.05, 0.1) is 13.2 Å². The number of hydrogen-bond donors (Lipinski definition) is 0. The Balaban J connectivity index is 1.42. The van der Waals surface area contributed by atoms with Crippen molar-refractivity contribution in [2.24, 2.45) is 5.92 Å². The first-order valence-corrected chi connectivity index (χ1v) is 7.01. The topological polar surface area (TPSA) is 9.23 Å². The molecule has 0 saturated heterocycles. The second-order valence-corrected chi connectivity index (χ2v) is 5.44.